The van der Waals surface area contributed by atoms with Crippen LogP contribution in [0.25, 0.3) is 0 Å². The number of hydrogen-bond acceptors (Lipinski definition) is 3. The van der Waals surface area contributed by atoms with E-state index in [1.807, 2.05) is 0 Å². The van der Waals surface area contributed by atoms with E-state index in [1.165, 1.54) is 21.3 Å². The molecule has 1 aliphatic heterocycles. The minimum Gasteiger partial charge on any atom is -0.369 e. The van der Waals surface area contributed by atoms with Gasteiger partial charge in [-0.2, -0.15) is 0 Å². The fourth-order valence-electron chi connectivity index (χ4n) is 3.33. The third-order valence-corrected chi connectivity index (χ3v) is 5.77. The third kappa shape index (κ3) is 5.71. The first-order valence-corrected chi connectivity index (χ1v) is 10.00. The molecule has 1 fully saturated rings. The van der Waals surface area contributed by atoms with Crippen LogP contribution in [0.5, 0.6) is 0 Å². The number of rotatable bonds is 6. The first-order chi connectivity index (χ1) is 12.2. The molecule has 1 heterocycles. The fourth-order valence-corrected chi connectivity index (χ4v) is 3.86. The normalized spacial score (nSPS) is 16.2. The van der Waals surface area contributed by atoms with Gasteiger partial charge in [-0.15, -0.1) is 12.4 Å². The quantitative estimate of drug-likeness (QED) is 0.722. The maximum Gasteiger partial charge on any atom is 0.0378 e. The summed E-state index contributed by atoms with van der Waals surface area (Å²) >= 11 is 3.73. The van der Waals surface area contributed by atoms with Crippen molar-refractivity contribution in [2.45, 2.75) is 32.4 Å². The number of piperazine rings is 1. The Labute approximate surface area is 172 Å². The van der Waals surface area contributed by atoms with E-state index in [4.69, 9.17) is 5.73 Å². The lowest BCUT2D eigenvalue weighted by Crippen LogP contribution is -2.46. The van der Waals surface area contributed by atoms with Crippen LogP contribution in [0.1, 0.15) is 24.5 Å². The zero-order valence-corrected chi connectivity index (χ0v) is 17.8. The average molecular weight is 439 g/mol. The summed E-state index contributed by atoms with van der Waals surface area (Å²) in [6.07, 6.45) is 1.94. The summed E-state index contributed by atoms with van der Waals surface area (Å²) in [4.78, 5) is 5.02. The highest BCUT2D eigenvalue weighted by Gasteiger charge is 2.18. The molecular weight excluding hydrogens is 410 g/mol. The molecule has 3 rings (SSSR count). The summed E-state index contributed by atoms with van der Waals surface area (Å²) in [5.41, 5.74) is 10.1. The van der Waals surface area contributed by atoms with Crippen LogP contribution in [0.2, 0.25) is 0 Å². The minimum absolute atomic E-state index is 0. The molecule has 3 nitrogen and oxygen atoms in total. The number of benzene rings is 2. The largest absolute Gasteiger partial charge is 0.369 e. The first kappa shape index (κ1) is 21.2. The van der Waals surface area contributed by atoms with Gasteiger partial charge in [-0.25, -0.2) is 0 Å². The Hall–Kier alpha value is -1.07. The van der Waals surface area contributed by atoms with Crippen LogP contribution in [0.3, 0.4) is 0 Å². The van der Waals surface area contributed by atoms with Crippen molar-refractivity contribution in [2.75, 3.05) is 31.1 Å². The van der Waals surface area contributed by atoms with Crippen LogP contribution < -0.4 is 10.6 Å². The topological polar surface area (TPSA) is 32.5 Å². The number of anilines is 1. The fraction of sp³-hybridized carbons (Fsp3) is 0.429. The van der Waals surface area contributed by atoms with Gasteiger partial charge in [0.05, 0.1) is 0 Å². The van der Waals surface area contributed by atoms with E-state index in [9.17, 15) is 0 Å². The van der Waals surface area contributed by atoms with Gasteiger partial charge in [-0.05, 0) is 36.1 Å². The average Bonchev–Trinajstić information content (AvgIpc) is 2.65. The third-order valence-electron chi connectivity index (χ3n) is 5.03. The standard InChI is InChI=1S/C21H28BrN3.ClH/c1-2-19(23)14-18-8-9-20(15-21(18)22)25-12-10-24(11-13-25)16-17-6-4-3-5-7-17;/h3-9,15,19H,2,10-14,16,23H2,1H3;1H. The van der Waals surface area contributed by atoms with Crippen molar-refractivity contribution >= 4 is 34.0 Å². The summed E-state index contributed by atoms with van der Waals surface area (Å²) in [7, 11) is 0. The molecule has 5 heteroatoms. The van der Waals surface area contributed by atoms with Gasteiger partial charge in [0, 0.05) is 48.9 Å². The predicted octanol–water partition coefficient (Wildman–Crippen LogP) is 4.47. The van der Waals surface area contributed by atoms with Gasteiger partial charge in [0.15, 0.2) is 0 Å². The minimum atomic E-state index is 0. The lowest BCUT2D eigenvalue weighted by atomic mass is 10.0. The van der Waals surface area contributed by atoms with E-state index in [0.717, 1.165) is 45.6 Å². The summed E-state index contributed by atoms with van der Waals surface area (Å²) in [6, 6.07) is 17.7. The van der Waals surface area contributed by atoms with E-state index in [-0.39, 0.29) is 18.4 Å². The molecule has 2 N–H and O–H groups in total. The summed E-state index contributed by atoms with van der Waals surface area (Å²) in [5, 5.41) is 0. The Balaban J connectivity index is 0.00000243. The van der Waals surface area contributed by atoms with Gasteiger partial charge < -0.3 is 10.6 Å². The van der Waals surface area contributed by atoms with E-state index in [0.29, 0.717) is 0 Å². The van der Waals surface area contributed by atoms with E-state index in [1.54, 1.807) is 0 Å². The maximum absolute atomic E-state index is 6.10. The second-order valence-corrected chi connectivity index (χ2v) is 7.75. The Kier molecular flexibility index (Phi) is 8.42. The molecule has 0 spiro atoms. The molecule has 0 aromatic heterocycles. The summed E-state index contributed by atoms with van der Waals surface area (Å²) in [5.74, 6) is 0. The van der Waals surface area contributed by atoms with Gasteiger partial charge in [-0.1, -0.05) is 59.3 Å². The van der Waals surface area contributed by atoms with E-state index < -0.39 is 0 Å². The molecular formula is C21H29BrClN3. The van der Waals surface area contributed by atoms with Crippen LogP contribution >= 0.6 is 28.3 Å². The Morgan fingerprint density at radius 3 is 2.35 bits per heavy atom. The van der Waals surface area contributed by atoms with Gasteiger partial charge >= 0.3 is 0 Å². The zero-order valence-electron chi connectivity index (χ0n) is 15.4. The monoisotopic (exact) mass is 437 g/mol. The molecule has 142 valence electrons. The summed E-state index contributed by atoms with van der Waals surface area (Å²) in [6.45, 7) is 7.55. The molecule has 1 saturated heterocycles. The van der Waals surface area contributed by atoms with Crippen LogP contribution in [0, 0.1) is 0 Å². The van der Waals surface area contributed by atoms with E-state index in [2.05, 4.69) is 81.2 Å². The van der Waals surface area contributed by atoms with Gasteiger partial charge in [0.1, 0.15) is 0 Å². The highest BCUT2D eigenvalue weighted by Crippen LogP contribution is 2.26. The number of halogens is 2. The Bertz CT molecular complexity index is 672. The highest BCUT2D eigenvalue weighted by molar-refractivity contribution is 9.10. The van der Waals surface area contributed by atoms with Crippen LogP contribution in [0.15, 0.2) is 53.0 Å². The molecule has 0 aliphatic carbocycles. The maximum atomic E-state index is 6.10. The molecule has 1 unspecified atom stereocenters. The highest BCUT2D eigenvalue weighted by atomic mass is 79.9. The molecule has 2 aromatic carbocycles. The Morgan fingerprint density at radius 2 is 1.73 bits per heavy atom. The molecule has 0 amide bonds. The lowest BCUT2D eigenvalue weighted by molar-refractivity contribution is 0.250. The van der Waals surface area contributed by atoms with Crippen molar-refractivity contribution in [3.8, 4) is 0 Å². The van der Waals surface area contributed by atoms with Crippen molar-refractivity contribution in [3.63, 3.8) is 0 Å². The summed E-state index contributed by atoms with van der Waals surface area (Å²) < 4.78 is 1.18. The molecule has 0 radical (unpaired) electrons. The van der Waals surface area contributed by atoms with Crippen LogP contribution in [0.4, 0.5) is 5.69 Å². The molecule has 0 bridgehead atoms. The van der Waals surface area contributed by atoms with Gasteiger partial charge in [0.25, 0.3) is 0 Å². The molecule has 0 saturated carbocycles. The number of nitrogens with zero attached hydrogens (tertiary/aromatic N) is 2. The van der Waals surface area contributed by atoms with Crippen molar-refractivity contribution < 1.29 is 0 Å². The molecule has 2 aromatic rings. The smallest absolute Gasteiger partial charge is 0.0378 e. The van der Waals surface area contributed by atoms with Crippen molar-refractivity contribution in [2.24, 2.45) is 5.73 Å². The zero-order chi connectivity index (χ0) is 17.6. The number of hydrogen-bond donors (Lipinski definition) is 1. The van der Waals surface area contributed by atoms with Crippen LogP contribution in [-0.2, 0) is 13.0 Å². The SMILES string of the molecule is CCC(N)Cc1ccc(N2CCN(Cc3ccccc3)CC2)cc1Br.Cl. The number of nitrogens with two attached hydrogens (primary N) is 1. The molecule has 26 heavy (non-hydrogen) atoms. The van der Waals surface area contributed by atoms with E-state index >= 15 is 0 Å². The Morgan fingerprint density at radius 1 is 1.04 bits per heavy atom. The molecule has 1 atom stereocenters. The second kappa shape index (κ2) is 10.3. The molecule has 1 aliphatic rings. The van der Waals surface area contributed by atoms with Crippen molar-refractivity contribution in [1.82, 2.24) is 4.90 Å². The van der Waals surface area contributed by atoms with Crippen molar-refractivity contribution in [1.29, 1.82) is 0 Å². The predicted molar refractivity (Wildman–Crippen MR) is 117 cm³/mol. The first-order valence-electron chi connectivity index (χ1n) is 9.21. The van der Waals surface area contributed by atoms with Crippen LogP contribution in [-0.4, -0.2) is 37.1 Å². The second-order valence-electron chi connectivity index (χ2n) is 6.90. The van der Waals surface area contributed by atoms with Gasteiger partial charge in [0.2, 0.25) is 0 Å². The van der Waals surface area contributed by atoms with Crippen molar-refractivity contribution in [3.05, 3.63) is 64.1 Å². The van der Waals surface area contributed by atoms with Gasteiger partial charge in [-0.3, -0.25) is 4.90 Å². The lowest BCUT2D eigenvalue weighted by Gasteiger charge is -2.36.